The van der Waals surface area contributed by atoms with Crippen molar-refractivity contribution < 1.29 is 33.0 Å². The van der Waals surface area contributed by atoms with E-state index in [4.69, 9.17) is 38.4 Å². The number of amides is 1. The van der Waals surface area contributed by atoms with Crippen molar-refractivity contribution in [3.8, 4) is 11.5 Å². The van der Waals surface area contributed by atoms with Crippen molar-refractivity contribution in [3.63, 3.8) is 0 Å². The van der Waals surface area contributed by atoms with Crippen LogP contribution in [0.5, 0.6) is 11.5 Å². The molecule has 0 saturated carbocycles. The first-order chi connectivity index (χ1) is 31.5. The van der Waals surface area contributed by atoms with E-state index in [2.05, 4.69) is 35.5 Å². The van der Waals surface area contributed by atoms with Gasteiger partial charge in [-0.1, -0.05) is 35.3 Å². The van der Waals surface area contributed by atoms with Crippen LogP contribution in [0.15, 0.2) is 73.3 Å². The van der Waals surface area contributed by atoms with Crippen LogP contribution in [-0.2, 0) is 22.7 Å². The molecule has 0 aliphatic carbocycles. The monoisotopic (exact) mass is 945 g/mol. The van der Waals surface area contributed by atoms with Gasteiger partial charge in [0, 0.05) is 73.3 Å². The largest absolute Gasteiger partial charge is 0.496 e. The number of methoxy groups -OCH3 is 2. The molecule has 0 bridgehead atoms. The Morgan fingerprint density at radius 2 is 1.17 bits per heavy atom. The predicted molar refractivity (Wildman–Crippen MR) is 251 cm³/mol. The van der Waals surface area contributed by atoms with Gasteiger partial charge >= 0.3 is 5.97 Å². The van der Waals surface area contributed by atoms with Crippen LogP contribution in [0, 0.1) is 11.6 Å². The lowest BCUT2D eigenvalue weighted by Crippen LogP contribution is -2.57. The highest BCUT2D eigenvalue weighted by Crippen LogP contribution is 2.37. The molecule has 2 aromatic heterocycles. The van der Waals surface area contributed by atoms with E-state index < -0.39 is 28.7 Å². The third kappa shape index (κ3) is 9.61. The fraction of sp³-hybridized carbons (Fsp3) is 0.348. The molecule has 348 valence electrons. The number of carboxylic acid groups (broad SMARTS) is 1. The second-order valence-electron chi connectivity index (χ2n) is 16.7. The molecule has 2 unspecified atom stereocenters. The molecule has 2 atom stereocenters. The SMILES string of the molecule is COc1cc2ncnc(Nc3cccc(Cl)c3F)c2cc1CN(C)C1(C(=O)O)CCN(C)C1.COc1cc2ncnc(Nc3cccc(Cl)c3F)c2cc1CN(C)C1(C(N)=O)CCN(C)C1. The van der Waals surface area contributed by atoms with Gasteiger partial charge in [0.15, 0.2) is 11.6 Å². The first-order valence-corrected chi connectivity index (χ1v) is 21.6. The molecular formula is C46H51Cl2F2N11O5. The number of carbonyl (C=O) groups is 2. The zero-order chi connectivity index (χ0) is 47.5. The lowest BCUT2D eigenvalue weighted by atomic mass is 9.94. The molecule has 1 amide bonds. The highest BCUT2D eigenvalue weighted by Gasteiger charge is 2.48. The van der Waals surface area contributed by atoms with E-state index in [9.17, 15) is 23.5 Å². The van der Waals surface area contributed by atoms with E-state index in [0.717, 1.165) is 17.7 Å². The number of benzene rings is 4. The Hall–Kier alpha value is -6.02. The molecule has 0 radical (unpaired) electrons. The van der Waals surface area contributed by atoms with Crippen LogP contribution >= 0.6 is 23.2 Å². The number of carbonyl (C=O) groups excluding carboxylic acids is 1. The van der Waals surface area contributed by atoms with E-state index in [-0.39, 0.29) is 27.3 Å². The van der Waals surface area contributed by atoms with Crippen molar-refractivity contribution in [2.75, 3.05) is 79.2 Å². The third-order valence-corrected chi connectivity index (χ3v) is 13.1. The maximum Gasteiger partial charge on any atom is 0.325 e. The molecule has 4 heterocycles. The Bertz CT molecular complexity index is 2610. The average molecular weight is 947 g/mol. The number of halogens is 4. The molecular weight excluding hydrogens is 895 g/mol. The summed E-state index contributed by atoms with van der Waals surface area (Å²) in [5.74, 6) is -0.299. The fourth-order valence-electron chi connectivity index (χ4n) is 8.66. The minimum absolute atomic E-state index is 0.00263. The lowest BCUT2D eigenvalue weighted by Gasteiger charge is -2.36. The number of hydrogen-bond acceptors (Lipinski definition) is 14. The first-order valence-electron chi connectivity index (χ1n) is 20.9. The molecule has 2 aliphatic heterocycles. The van der Waals surface area contributed by atoms with Crippen molar-refractivity contribution >= 4 is 79.9 Å². The van der Waals surface area contributed by atoms with Gasteiger partial charge in [-0.15, -0.1) is 0 Å². The first kappa shape index (κ1) is 47.9. The smallest absolute Gasteiger partial charge is 0.325 e. The molecule has 66 heavy (non-hydrogen) atoms. The zero-order valence-corrected chi connectivity index (χ0v) is 38.8. The molecule has 8 rings (SSSR count). The summed E-state index contributed by atoms with van der Waals surface area (Å²) in [4.78, 5) is 49.8. The summed E-state index contributed by atoms with van der Waals surface area (Å²) in [6.07, 6.45) is 3.95. The Morgan fingerprint density at radius 1 is 0.742 bits per heavy atom. The fourth-order valence-corrected chi connectivity index (χ4v) is 9.01. The molecule has 6 aromatic rings. The molecule has 4 aromatic carbocycles. The van der Waals surface area contributed by atoms with Crippen LogP contribution in [0.4, 0.5) is 31.8 Å². The maximum atomic E-state index is 14.5. The van der Waals surface area contributed by atoms with Crippen molar-refractivity contribution in [2.24, 2.45) is 5.73 Å². The topological polar surface area (TPSA) is 187 Å². The van der Waals surface area contributed by atoms with E-state index in [1.54, 1.807) is 57.7 Å². The number of nitrogens with zero attached hydrogens (tertiary/aromatic N) is 8. The van der Waals surface area contributed by atoms with Gasteiger partial charge in [0.05, 0.1) is 46.7 Å². The molecule has 5 N–H and O–H groups in total. The number of likely N-dealkylation sites (tertiary alicyclic amines) is 2. The Balaban J connectivity index is 0.000000196. The van der Waals surface area contributed by atoms with Crippen LogP contribution in [-0.4, -0.2) is 136 Å². The number of anilines is 4. The minimum atomic E-state index is -0.993. The molecule has 2 fully saturated rings. The molecule has 20 heteroatoms. The number of nitrogens with two attached hydrogens (primary N) is 1. The van der Waals surface area contributed by atoms with E-state index >= 15 is 0 Å². The van der Waals surface area contributed by atoms with Gasteiger partial charge < -0.3 is 40.7 Å². The van der Waals surface area contributed by atoms with E-state index in [1.165, 1.54) is 24.8 Å². The Labute approximate surface area is 390 Å². The summed E-state index contributed by atoms with van der Waals surface area (Å²) in [6.45, 7) is 3.22. The van der Waals surface area contributed by atoms with Crippen LogP contribution in [0.25, 0.3) is 21.8 Å². The second kappa shape index (κ2) is 19.8. The van der Waals surface area contributed by atoms with Gasteiger partial charge in [0.1, 0.15) is 46.9 Å². The van der Waals surface area contributed by atoms with Crippen molar-refractivity contribution in [1.29, 1.82) is 0 Å². The number of rotatable bonds is 14. The number of ether oxygens (including phenoxy) is 2. The predicted octanol–water partition coefficient (Wildman–Crippen LogP) is 6.93. The van der Waals surface area contributed by atoms with Crippen LogP contribution in [0.3, 0.4) is 0 Å². The summed E-state index contributed by atoms with van der Waals surface area (Å²) < 4.78 is 40.1. The number of nitrogens with one attached hydrogen (secondary N) is 2. The highest BCUT2D eigenvalue weighted by atomic mass is 35.5. The number of hydrogen-bond donors (Lipinski definition) is 4. The summed E-state index contributed by atoms with van der Waals surface area (Å²) in [6, 6.07) is 16.7. The van der Waals surface area contributed by atoms with Crippen LogP contribution < -0.4 is 25.8 Å². The van der Waals surface area contributed by atoms with Gasteiger partial charge in [-0.2, -0.15) is 0 Å². The zero-order valence-electron chi connectivity index (χ0n) is 37.3. The van der Waals surface area contributed by atoms with Crippen LogP contribution in [0.2, 0.25) is 10.0 Å². The van der Waals surface area contributed by atoms with Crippen molar-refractivity contribution in [1.82, 2.24) is 39.5 Å². The second-order valence-corrected chi connectivity index (χ2v) is 17.5. The number of aromatic nitrogens is 4. The standard InChI is InChI=1S/C23H26ClFN6O2.C23H25ClFN5O3/c1-30-8-7-23(12-30,22(26)32)31(2)11-14-9-15-18(10-19(14)33-3)27-13-28-21(15)29-17-6-4-5-16(24)20(17)25;1-29-8-7-23(12-29,22(31)32)30(2)11-14-9-15-18(10-19(14)33-3)26-13-27-21(15)28-17-6-4-5-16(24)20(17)25/h4-6,9-10,13H,7-8,11-12H2,1-3H3,(H2,26,32)(H,27,28,29);4-6,9-10,13H,7-8,11-12H2,1-3H3,(H,31,32)(H,26,27,28). The molecule has 16 nitrogen and oxygen atoms in total. The number of primary amides is 1. The lowest BCUT2D eigenvalue weighted by molar-refractivity contribution is -0.150. The third-order valence-electron chi connectivity index (χ3n) is 12.5. The number of aliphatic carboxylic acids is 1. The highest BCUT2D eigenvalue weighted by molar-refractivity contribution is 6.31. The molecule has 2 aliphatic rings. The normalized spacial score (nSPS) is 18.7. The Morgan fingerprint density at radius 3 is 1.55 bits per heavy atom. The summed E-state index contributed by atoms with van der Waals surface area (Å²) >= 11 is 11.8. The van der Waals surface area contributed by atoms with Crippen molar-refractivity contribution in [2.45, 2.75) is 37.0 Å². The number of likely N-dealkylation sites (N-methyl/N-ethyl adjacent to an activating group) is 4. The van der Waals surface area contributed by atoms with Gasteiger partial charge in [-0.3, -0.25) is 19.4 Å². The summed E-state index contributed by atoms with van der Waals surface area (Å²) in [5, 5.41) is 17.4. The summed E-state index contributed by atoms with van der Waals surface area (Å²) in [5.41, 5.74) is 7.29. The van der Waals surface area contributed by atoms with Crippen molar-refractivity contribution in [3.05, 3.63) is 106 Å². The number of fused-ring (bicyclic) bond motifs is 2. The van der Waals surface area contributed by atoms with Gasteiger partial charge in [-0.25, -0.2) is 28.7 Å². The minimum Gasteiger partial charge on any atom is -0.496 e. The summed E-state index contributed by atoms with van der Waals surface area (Å²) in [7, 11) is 10.7. The molecule has 2 saturated heterocycles. The van der Waals surface area contributed by atoms with Gasteiger partial charge in [0.2, 0.25) is 5.91 Å². The van der Waals surface area contributed by atoms with Gasteiger partial charge in [-0.05, 0) is 77.4 Å². The quantitative estimate of drug-likeness (QED) is 0.0880. The van der Waals surface area contributed by atoms with Crippen LogP contribution in [0.1, 0.15) is 24.0 Å². The Kier molecular flexibility index (Phi) is 14.4. The average Bonchev–Trinajstić information content (AvgIpc) is 3.91. The van der Waals surface area contributed by atoms with E-state index in [0.29, 0.717) is 90.5 Å². The number of carboxylic acids is 1. The molecule has 0 spiro atoms. The maximum absolute atomic E-state index is 14.5. The van der Waals surface area contributed by atoms with Gasteiger partial charge in [0.25, 0.3) is 0 Å². The van der Waals surface area contributed by atoms with E-state index in [1.807, 2.05) is 48.0 Å².